The smallest absolute Gasteiger partial charge is 0.263 e. The normalized spacial score (nSPS) is 22.3. The van der Waals surface area contributed by atoms with Crippen molar-refractivity contribution in [3.05, 3.63) is 36.4 Å². The standard InChI is InChI=1S/C26H34N8O4/c1-17-14-36-8-7-33(17)23-10-18(9-22(31-23)26(35)15-37-16-26)21-12-28-24(27)25(30-21)38-20-11-29-34(13-20)19-3-5-32(2)6-4-19/h9-13,17,19,35H,3-8,14-16H2,1-2H3,(H2,27,28)/t17-/m1/s1. The van der Waals surface area contributed by atoms with E-state index in [0.717, 1.165) is 37.3 Å². The minimum Gasteiger partial charge on any atom is -0.433 e. The number of morpholine rings is 1. The minimum absolute atomic E-state index is 0.143. The molecule has 0 radical (unpaired) electrons. The summed E-state index contributed by atoms with van der Waals surface area (Å²) in [5.41, 5.74) is 6.87. The van der Waals surface area contributed by atoms with E-state index in [1.807, 2.05) is 23.0 Å². The lowest BCUT2D eigenvalue weighted by Crippen LogP contribution is -2.48. The first-order valence-electron chi connectivity index (χ1n) is 13.1. The Kier molecular flexibility index (Phi) is 6.64. The fourth-order valence-electron chi connectivity index (χ4n) is 5.10. The topological polar surface area (TPSA) is 137 Å². The van der Waals surface area contributed by atoms with Gasteiger partial charge >= 0.3 is 0 Å². The molecule has 202 valence electrons. The van der Waals surface area contributed by atoms with E-state index in [-0.39, 0.29) is 31.0 Å². The fraction of sp³-hybridized carbons (Fsp3) is 0.538. The number of nitrogen functional groups attached to an aromatic ring is 1. The predicted molar refractivity (Wildman–Crippen MR) is 140 cm³/mol. The molecule has 3 aliphatic heterocycles. The van der Waals surface area contributed by atoms with Crippen LogP contribution in [0.5, 0.6) is 11.6 Å². The highest BCUT2D eigenvalue weighted by Gasteiger charge is 2.40. The largest absolute Gasteiger partial charge is 0.433 e. The number of nitrogens with zero attached hydrogens (tertiary/aromatic N) is 7. The third-order valence-corrected chi connectivity index (χ3v) is 7.55. The highest BCUT2D eigenvalue weighted by atomic mass is 16.5. The second kappa shape index (κ2) is 10.1. The van der Waals surface area contributed by atoms with Crippen molar-refractivity contribution in [1.29, 1.82) is 0 Å². The summed E-state index contributed by atoms with van der Waals surface area (Å²) >= 11 is 0. The lowest BCUT2D eigenvalue weighted by atomic mass is 9.95. The Bertz CT molecular complexity index is 1290. The monoisotopic (exact) mass is 522 g/mol. The van der Waals surface area contributed by atoms with Crippen molar-refractivity contribution in [2.24, 2.45) is 0 Å². The first-order chi connectivity index (χ1) is 18.4. The highest BCUT2D eigenvalue weighted by Crippen LogP contribution is 2.35. The Hall–Kier alpha value is -3.32. The highest BCUT2D eigenvalue weighted by molar-refractivity contribution is 5.66. The molecule has 0 aromatic carbocycles. The molecule has 6 rings (SSSR count). The Labute approximate surface area is 221 Å². The summed E-state index contributed by atoms with van der Waals surface area (Å²) in [5, 5.41) is 15.6. The number of likely N-dealkylation sites (tertiary alicyclic amines) is 1. The van der Waals surface area contributed by atoms with Gasteiger partial charge in [0.2, 0.25) is 0 Å². The molecular weight excluding hydrogens is 488 g/mol. The lowest BCUT2D eigenvalue weighted by molar-refractivity contribution is -0.186. The summed E-state index contributed by atoms with van der Waals surface area (Å²) in [6.45, 7) is 6.51. The zero-order chi connectivity index (χ0) is 26.3. The molecule has 6 heterocycles. The van der Waals surface area contributed by atoms with Gasteiger partial charge in [-0.2, -0.15) is 5.10 Å². The maximum absolute atomic E-state index is 11.0. The van der Waals surface area contributed by atoms with Gasteiger partial charge in [-0.3, -0.25) is 4.68 Å². The van der Waals surface area contributed by atoms with Gasteiger partial charge < -0.3 is 34.9 Å². The van der Waals surface area contributed by atoms with Gasteiger partial charge in [0.15, 0.2) is 17.2 Å². The molecule has 1 atom stereocenters. The van der Waals surface area contributed by atoms with Crippen molar-refractivity contribution in [3.63, 3.8) is 0 Å². The van der Waals surface area contributed by atoms with Crippen molar-refractivity contribution < 1.29 is 19.3 Å². The van der Waals surface area contributed by atoms with Crippen molar-refractivity contribution in [2.45, 2.75) is 37.5 Å². The summed E-state index contributed by atoms with van der Waals surface area (Å²) in [6.07, 6.45) is 7.26. The van der Waals surface area contributed by atoms with Gasteiger partial charge in [0.25, 0.3) is 5.88 Å². The second-order valence-corrected chi connectivity index (χ2v) is 10.5. The number of aliphatic hydroxyl groups is 1. The molecule has 3 aromatic rings. The molecule has 12 nitrogen and oxygen atoms in total. The predicted octanol–water partition coefficient (Wildman–Crippen LogP) is 1.82. The van der Waals surface area contributed by atoms with E-state index in [2.05, 4.69) is 33.9 Å². The van der Waals surface area contributed by atoms with Crippen LogP contribution in [0.2, 0.25) is 0 Å². The molecule has 0 saturated carbocycles. The Balaban J connectivity index is 1.29. The van der Waals surface area contributed by atoms with Crippen molar-refractivity contribution >= 4 is 11.6 Å². The van der Waals surface area contributed by atoms with Gasteiger partial charge in [0.05, 0.1) is 68.5 Å². The van der Waals surface area contributed by atoms with E-state index < -0.39 is 5.60 Å². The Morgan fingerprint density at radius 2 is 1.92 bits per heavy atom. The number of hydrogen-bond acceptors (Lipinski definition) is 11. The van der Waals surface area contributed by atoms with E-state index >= 15 is 0 Å². The number of hydrogen-bond donors (Lipinski definition) is 2. The van der Waals surface area contributed by atoms with E-state index in [4.69, 9.17) is 29.9 Å². The SMILES string of the molecule is C[C@@H]1COCCN1c1cc(-c2cnc(N)c(Oc3cnn(C4CCN(C)CC4)c3)n2)cc(C2(O)COC2)n1. The number of anilines is 2. The number of ether oxygens (including phenoxy) is 3. The summed E-state index contributed by atoms with van der Waals surface area (Å²) < 4.78 is 18.9. The summed E-state index contributed by atoms with van der Waals surface area (Å²) in [4.78, 5) is 18.4. The van der Waals surface area contributed by atoms with Crippen LogP contribution in [-0.4, -0.2) is 93.9 Å². The number of nitrogens with two attached hydrogens (primary N) is 1. The molecule has 0 unspecified atom stereocenters. The van der Waals surface area contributed by atoms with Crippen LogP contribution in [0.15, 0.2) is 30.7 Å². The summed E-state index contributed by atoms with van der Waals surface area (Å²) in [7, 11) is 2.14. The van der Waals surface area contributed by atoms with Gasteiger partial charge in [-0.15, -0.1) is 0 Å². The Morgan fingerprint density at radius 1 is 1.11 bits per heavy atom. The van der Waals surface area contributed by atoms with Crippen LogP contribution in [0.25, 0.3) is 11.3 Å². The lowest BCUT2D eigenvalue weighted by Gasteiger charge is -2.38. The van der Waals surface area contributed by atoms with Crippen LogP contribution in [0.4, 0.5) is 11.6 Å². The molecule has 3 N–H and O–H groups in total. The molecule has 38 heavy (non-hydrogen) atoms. The molecule has 0 bridgehead atoms. The molecule has 0 spiro atoms. The molecule has 0 aliphatic carbocycles. The number of aromatic nitrogens is 5. The second-order valence-electron chi connectivity index (χ2n) is 10.5. The van der Waals surface area contributed by atoms with Crippen molar-refractivity contribution in [2.75, 3.05) is 63.7 Å². The average molecular weight is 523 g/mol. The summed E-state index contributed by atoms with van der Waals surface area (Å²) in [6, 6.07) is 4.27. The molecule has 0 amide bonds. The molecule has 12 heteroatoms. The van der Waals surface area contributed by atoms with E-state index in [9.17, 15) is 5.11 Å². The molecule has 3 aromatic heterocycles. The zero-order valence-corrected chi connectivity index (χ0v) is 21.8. The zero-order valence-electron chi connectivity index (χ0n) is 21.8. The van der Waals surface area contributed by atoms with Crippen LogP contribution in [0, 0.1) is 0 Å². The van der Waals surface area contributed by atoms with Crippen LogP contribution >= 0.6 is 0 Å². The third-order valence-electron chi connectivity index (χ3n) is 7.55. The molecule has 3 saturated heterocycles. The van der Waals surface area contributed by atoms with E-state index in [1.165, 1.54) is 0 Å². The number of pyridine rings is 1. The first kappa shape index (κ1) is 25.0. The van der Waals surface area contributed by atoms with Gasteiger partial charge in [0.1, 0.15) is 5.82 Å². The fourth-order valence-corrected chi connectivity index (χ4v) is 5.10. The van der Waals surface area contributed by atoms with Crippen LogP contribution in [0.3, 0.4) is 0 Å². The van der Waals surface area contributed by atoms with Gasteiger partial charge in [-0.1, -0.05) is 0 Å². The maximum atomic E-state index is 11.0. The molecular formula is C26H34N8O4. The first-order valence-corrected chi connectivity index (χ1v) is 13.1. The van der Waals surface area contributed by atoms with Crippen LogP contribution in [-0.2, 0) is 15.1 Å². The average Bonchev–Trinajstić information content (AvgIpc) is 3.37. The summed E-state index contributed by atoms with van der Waals surface area (Å²) in [5.74, 6) is 1.69. The van der Waals surface area contributed by atoms with E-state index in [0.29, 0.717) is 42.9 Å². The van der Waals surface area contributed by atoms with Crippen LogP contribution in [0.1, 0.15) is 31.5 Å². The van der Waals surface area contributed by atoms with Crippen LogP contribution < -0.4 is 15.4 Å². The third kappa shape index (κ3) is 4.92. The number of piperidine rings is 1. The van der Waals surface area contributed by atoms with Crippen molar-refractivity contribution in [1.82, 2.24) is 29.6 Å². The maximum Gasteiger partial charge on any atom is 0.263 e. The Morgan fingerprint density at radius 3 is 2.66 bits per heavy atom. The van der Waals surface area contributed by atoms with Gasteiger partial charge in [-0.05, 0) is 52.0 Å². The van der Waals surface area contributed by atoms with E-state index in [1.54, 1.807) is 12.4 Å². The molecule has 3 aliphatic rings. The molecule has 3 fully saturated rings. The minimum atomic E-state index is -1.14. The van der Waals surface area contributed by atoms with Gasteiger partial charge in [0, 0.05) is 12.1 Å². The quantitative estimate of drug-likeness (QED) is 0.490. The van der Waals surface area contributed by atoms with Gasteiger partial charge in [-0.25, -0.2) is 15.0 Å². The number of rotatable bonds is 6. The van der Waals surface area contributed by atoms with Crippen molar-refractivity contribution in [3.8, 4) is 22.9 Å².